The standard InChI is InChI=1S/C19H31N/c1-4-13-20-19(17-7-5-6-8-17)12-11-18-14-15(2)9-10-16(18)3/h9-10,14,17,19-20H,4-8,11-13H2,1-3H3. The Hall–Kier alpha value is -0.820. The first kappa shape index (κ1) is 15.6. The van der Waals surface area contributed by atoms with Crippen LogP contribution < -0.4 is 5.32 Å². The van der Waals surface area contributed by atoms with Crippen LogP contribution >= 0.6 is 0 Å². The molecule has 1 atom stereocenters. The molecule has 1 N–H and O–H groups in total. The van der Waals surface area contributed by atoms with E-state index in [9.17, 15) is 0 Å². The van der Waals surface area contributed by atoms with Crippen molar-refractivity contribution < 1.29 is 0 Å². The van der Waals surface area contributed by atoms with Gasteiger partial charge in [0.05, 0.1) is 0 Å². The van der Waals surface area contributed by atoms with Gasteiger partial charge in [-0.1, -0.05) is 43.5 Å². The minimum Gasteiger partial charge on any atom is -0.314 e. The van der Waals surface area contributed by atoms with Gasteiger partial charge in [0, 0.05) is 6.04 Å². The zero-order valence-corrected chi connectivity index (χ0v) is 13.5. The molecule has 1 heteroatoms. The molecule has 1 aromatic rings. The molecule has 0 radical (unpaired) electrons. The van der Waals surface area contributed by atoms with Crippen LogP contribution in [0.15, 0.2) is 18.2 Å². The molecule has 1 aromatic carbocycles. The normalized spacial score (nSPS) is 17.6. The largest absolute Gasteiger partial charge is 0.314 e. The summed E-state index contributed by atoms with van der Waals surface area (Å²) in [7, 11) is 0. The molecule has 112 valence electrons. The van der Waals surface area contributed by atoms with E-state index in [-0.39, 0.29) is 0 Å². The van der Waals surface area contributed by atoms with Crippen LogP contribution in [0.1, 0.15) is 62.1 Å². The molecule has 1 saturated carbocycles. The zero-order valence-electron chi connectivity index (χ0n) is 13.5. The fraction of sp³-hybridized carbons (Fsp3) is 0.684. The number of hydrogen-bond acceptors (Lipinski definition) is 1. The molecule has 0 spiro atoms. The quantitative estimate of drug-likeness (QED) is 0.753. The van der Waals surface area contributed by atoms with E-state index in [0.29, 0.717) is 0 Å². The fourth-order valence-corrected chi connectivity index (χ4v) is 3.57. The highest BCUT2D eigenvalue weighted by Crippen LogP contribution is 2.30. The lowest BCUT2D eigenvalue weighted by molar-refractivity contribution is 0.340. The van der Waals surface area contributed by atoms with Gasteiger partial charge in [-0.2, -0.15) is 0 Å². The molecule has 0 amide bonds. The van der Waals surface area contributed by atoms with Crippen molar-refractivity contribution in [2.24, 2.45) is 5.92 Å². The molecule has 1 fully saturated rings. The molecule has 0 bridgehead atoms. The molecule has 0 aliphatic heterocycles. The van der Waals surface area contributed by atoms with Crippen molar-refractivity contribution in [1.29, 1.82) is 0 Å². The Morgan fingerprint density at radius 2 is 1.95 bits per heavy atom. The molecule has 1 aliphatic rings. The second-order valence-corrected chi connectivity index (χ2v) is 6.57. The van der Waals surface area contributed by atoms with Crippen molar-refractivity contribution in [3.8, 4) is 0 Å². The summed E-state index contributed by atoms with van der Waals surface area (Å²) in [5.74, 6) is 0.923. The average Bonchev–Trinajstić information content (AvgIpc) is 2.96. The molecule has 1 nitrogen and oxygen atoms in total. The lowest BCUT2D eigenvalue weighted by atomic mass is 9.91. The third-order valence-corrected chi connectivity index (χ3v) is 4.85. The minimum absolute atomic E-state index is 0.734. The summed E-state index contributed by atoms with van der Waals surface area (Å²) in [6, 6.07) is 7.61. The molecule has 1 aliphatic carbocycles. The Labute approximate surface area is 125 Å². The van der Waals surface area contributed by atoms with Crippen LogP contribution in [-0.2, 0) is 6.42 Å². The average molecular weight is 273 g/mol. The molecule has 0 saturated heterocycles. The number of aryl methyl sites for hydroxylation is 3. The van der Waals surface area contributed by atoms with Crippen LogP contribution in [0.25, 0.3) is 0 Å². The summed E-state index contributed by atoms with van der Waals surface area (Å²) in [5.41, 5.74) is 4.40. The Morgan fingerprint density at radius 1 is 1.20 bits per heavy atom. The number of hydrogen-bond donors (Lipinski definition) is 1. The molecule has 0 heterocycles. The monoisotopic (exact) mass is 273 g/mol. The van der Waals surface area contributed by atoms with Gasteiger partial charge in [-0.15, -0.1) is 0 Å². The first-order valence-electron chi connectivity index (χ1n) is 8.50. The molecule has 0 aromatic heterocycles. The van der Waals surface area contributed by atoms with Crippen LogP contribution in [0.3, 0.4) is 0 Å². The maximum absolute atomic E-state index is 3.82. The van der Waals surface area contributed by atoms with Crippen LogP contribution in [0, 0.1) is 19.8 Å². The van der Waals surface area contributed by atoms with E-state index in [2.05, 4.69) is 44.3 Å². The van der Waals surface area contributed by atoms with E-state index < -0.39 is 0 Å². The van der Waals surface area contributed by atoms with E-state index >= 15 is 0 Å². The van der Waals surface area contributed by atoms with Crippen molar-refractivity contribution in [1.82, 2.24) is 5.32 Å². The van der Waals surface area contributed by atoms with Gasteiger partial charge in [-0.3, -0.25) is 0 Å². The molecular formula is C19H31N. The van der Waals surface area contributed by atoms with Crippen LogP contribution in [-0.4, -0.2) is 12.6 Å². The maximum Gasteiger partial charge on any atom is 0.00984 e. The van der Waals surface area contributed by atoms with Gasteiger partial charge in [0.2, 0.25) is 0 Å². The van der Waals surface area contributed by atoms with Crippen molar-refractivity contribution >= 4 is 0 Å². The van der Waals surface area contributed by atoms with Gasteiger partial charge in [0.15, 0.2) is 0 Å². The lowest BCUT2D eigenvalue weighted by Crippen LogP contribution is -2.36. The third-order valence-electron chi connectivity index (χ3n) is 4.85. The third kappa shape index (κ3) is 4.34. The topological polar surface area (TPSA) is 12.0 Å². The predicted molar refractivity (Wildman–Crippen MR) is 88.3 cm³/mol. The first-order chi connectivity index (χ1) is 9.70. The smallest absolute Gasteiger partial charge is 0.00984 e. The van der Waals surface area contributed by atoms with Gasteiger partial charge >= 0.3 is 0 Å². The molecule has 2 rings (SSSR count). The van der Waals surface area contributed by atoms with Crippen LogP contribution in [0.5, 0.6) is 0 Å². The van der Waals surface area contributed by atoms with Gasteiger partial charge in [-0.25, -0.2) is 0 Å². The number of benzene rings is 1. The SMILES string of the molecule is CCCNC(CCc1cc(C)ccc1C)C1CCCC1. The first-order valence-corrected chi connectivity index (χ1v) is 8.50. The highest BCUT2D eigenvalue weighted by atomic mass is 14.9. The van der Waals surface area contributed by atoms with Gasteiger partial charge < -0.3 is 5.32 Å². The van der Waals surface area contributed by atoms with Crippen molar-refractivity contribution in [2.75, 3.05) is 6.54 Å². The molecule has 20 heavy (non-hydrogen) atoms. The summed E-state index contributed by atoms with van der Waals surface area (Å²) in [6.45, 7) is 7.89. The highest BCUT2D eigenvalue weighted by molar-refractivity contribution is 5.30. The van der Waals surface area contributed by atoms with Crippen LogP contribution in [0.4, 0.5) is 0 Å². The van der Waals surface area contributed by atoms with E-state index in [4.69, 9.17) is 0 Å². The van der Waals surface area contributed by atoms with Crippen molar-refractivity contribution in [2.45, 2.75) is 71.8 Å². The molecular weight excluding hydrogens is 242 g/mol. The Balaban J connectivity index is 1.94. The Bertz CT molecular complexity index is 404. The van der Waals surface area contributed by atoms with Gasteiger partial charge in [0.25, 0.3) is 0 Å². The second kappa shape index (κ2) is 7.83. The van der Waals surface area contributed by atoms with E-state index in [1.165, 1.54) is 62.6 Å². The van der Waals surface area contributed by atoms with E-state index in [1.54, 1.807) is 5.56 Å². The van der Waals surface area contributed by atoms with E-state index in [1.807, 2.05) is 0 Å². The van der Waals surface area contributed by atoms with Crippen molar-refractivity contribution in [3.05, 3.63) is 34.9 Å². The zero-order chi connectivity index (χ0) is 14.4. The predicted octanol–water partition coefficient (Wildman–Crippen LogP) is 4.79. The van der Waals surface area contributed by atoms with Crippen molar-refractivity contribution in [3.63, 3.8) is 0 Å². The summed E-state index contributed by atoms with van der Waals surface area (Å²) in [6.07, 6.45) is 9.53. The summed E-state index contributed by atoms with van der Waals surface area (Å²) in [5, 5.41) is 3.82. The number of rotatable bonds is 7. The van der Waals surface area contributed by atoms with E-state index in [0.717, 1.165) is 12.0 Å². The second-order valence-electron chi connectivity index (χ2n) is 6.57. The van der Waals surface area contributed by atoms with Gasteiger partial charge in [0.1, 0.15) is 0 Å². The highest BCUT2D eigenvalue weighted by Gasteiger charge is 2.24. The fourth-order valence-electron chi connectivity index (χ4n) is 3.57. The summed E-state index contributed by atoms with van der Waals surface area (Å²) < 4.78 is 0. The number of nitrogens with one attached hydrogen (secondary N) is 1. The summed E-state index contributed by atoms with van der Waals surface area (Å²) in [4.78, 5) is 0. The van der Waals surface area contributed by atoms with Gasteiger partial charge in [-0.05, 0) is 69.5 Å². The maximum atomic E-state index is 3.82. The van der Waals surface area contributed by atoms with Crippen LogP contribution in [0.2, 0.25) is 0 Å². The molecule has 1 unspecified atom stereocenters. The Morgan fingerprint density at radius 3 is 2.65 bits per heavy atom. The Kier molecular flexibility index (Phi) is 6.09. The lowest BCUT2D eigenvalue weighted by Gasteiger charge is -2.25. The minimum atomic E-state index is 0.734. The summed E-state index contributed by atoms with van der Waals surface area (Å²) >= 11 is 0.